The van der Waals surface area contributed by atoms with Crippen LogP contribution in [0, 0.1) is 5.41 Å². The van der Waals surface area contributed by atoms with Gasteiger partial charge in [-0.05, 0) is 12.8 Å². The van der Waals surface area contributed by atoms with Crippen molar-refractivity contribution >= 4 is 5.84 Å². The molecule has 4 nitrogen and oxygen atoms in total. The maximum absolute atomic E-state index is 13.2. The van der Waals surface area contributed by atoms with E-state index >= 15 is 0 Å². The van der Waals surface area contributed by atoms with Crippen LogP contribution in [0.15, 0.2) is 11.8 Å². The van der Waals surface area contributed by atoms with E-state index < -0.39 is 23.7 Å². The van der Waals surface area contributed by atoms with Crippen LogP contribution in [-0.2, 0) is 0 Å². The third-order valence-corrected chi connectivity index (χ3v) is 2.40. The summed E-state index contributed by atoms with van der Waals surface area (Å²) in [5.74, 6) is -2.78. The zero-order chi connectivity index (χ0) is 11.4. The van der Waals surface area contributed by atoms with E-state index in [1.54, 1.807) is 0 Å². The molecular formula is C9H15F2N3O. The highest BCUT2D eigenvalue weighted by molar-refractivity contribution is 5.94. The van der Waals surface area contributed by atoms with Crippen LogP contribution in [0.4, 0.5) is 8.78 Å². The predicted molar refractivity (Wildman–Crippen MR) is 52.8 cm³/mol. The molecule has 0 amide bonds. The molecule has 0 spiro atoms. The van der Waals surface area contributed by atoms with Crippen molar-refractivity contribution in [3.63, 3.8) is 0 Å². The lowest BCUT2D eigenvalue weighted by Crippen LogP contribution is -2.40. The highest BCUT2D eigenvalue weighted by Gasteiger charge is 2.23. The maximum atomic E-state index is 13.2. The normalized spacial score (nSPS) is 19.9. The number of nitrogens with one attached hydrogen (secondary N) is 2. The van der Waals surface area contributed by atoms with Crippen molar-refractivity contribution in [1.82, 2.24) is 10.2 Å². The minimum atomic E-state index is -1.19. The van der Waals surface area contributed by atoms with Crippen LogP contribution in [0.25, 0.3) is 0 Å². The van der Waals surface area contributed by atoms with Crippen molar-refractivity contribution in [3.8, 4) is 0 Å². The second kappa shape index (κ2) is 5.06. The van der Waals surface area contributed by atoms with Crippen molar-refractivity contribution in [2.45, 2.75) is 18.9 Å². The molecule has 0 aliphatic carbocycles. The van der Waals surface area contributed by atoms with Gasteiger partial charge in [0.05, 0.1) is 6.10 Å². The van der Waals surface area contributed by atoms with Gasteiger partial charge in [0.25, 0.3) is 0 Å². The SMILES string of the molecule is CN/C(F)=C(/F)C(=N)N1CCC(O)CC1. The van der Waals surface area contributed by atoms with E-state index in [-0.39, 0.29) is 0 Å². The smallest absolute Gasteiger partial charge is 0.226 e. The van der Waals surface area contributed by atoms with Gasteiger partial charge in [-0.2, -0.15) is 8.78 Å². The minimum absolute atomic E-state index is 0.379. The summed E-state index contributed by atoms with van der Waals surface area (Å²) < 4.78 is 26.0. The molecule has 0 aromatic rings. The first kappa shape index (κ1) is 11.9. The standard InChI is InChI=1S/C9H15F2N3O/c1-13-8(11)7(10)9(12)14-4-2-6(15)3-5-14/h6,12-13,15H,2-5H2,1H3/b8-7+,12-9?. The third kappa shape index (κ3) is 2.89. The average molecular weight is 219 g/mol. The van der Waals surface area contributed by atoms with Crippen LogP contribution in [0.5, 0.6) is 0 Å². The largest absolute Gasteiger partial charge is 0.393 e. The van der Waals surface area contributed by atoms with Crippen molar-refractivity contribution in [1.29, 1.82) is 5.41 Å². The molecule has 15 heavy (non-hydrogen) atoms. The molecule has 0 saturated carbocycles. The Morgan fingerprint density at radius 2 is 1.93 bits per heavy atom. The van der Waals surface area contributed by atoms with E-state index in [4.69, 9.17) is 5.41 Å². The molecule has 0 aromatic carbocycles. The Morgan fingerprint density at radius 3 is 2.40 bits per heavy atom. The average Bonchev–Trinajstić information content (AvgIpc) is 2.27. The Balaban J connectivity index is 2.61. The van der Waals surface area contributed by atoms with Crippen LogP contribution in [-0.4, -0.2) is 42.1 Å². The number of likely N-dealkylation sites (tertiary alicyclic amines) is 1. The predicted octanol–water partition coefficient (Wildman–Crippen LogP) is 0.748. The summed E-state index contributed by atoms with van der Waals surface area (Å²) in [7, 11) is 1.25. The summed E-state index contributed by atoms with van der Waals surface area (Å²) in [6, 6.07) is 0. The third-order valence-electron chi connectivity index (χ3n) is 2.40. The first-order valence-corrected chi connectivity index (χ1v) is 4.81. The van der Waals surface area contributed by atoms with Crippen molar-refractivity contribution in [2.75, 3.05) is 20.1 Å². The first-order chi connectivity index (χ1) is 7.06. The summed E-state index contributed by atoms with van der Waals surface area (Å²) in [4.78, 5) is 1.42. The second-order valence-electron chi connectivity index (χ2n) is 3.44. The molecule has 1 aliphatic rings. The zero-order valence-electron chi connectivity index (χ0n) is 8.56. The van der Waals surface area contributed by atoms with Gasteiger partial charge in [-0.25, -0.2) is 0 Å². The molecule has 86 valence electrons. The van der Waals surface area contributed by atoms with Gasteiger partial charge in [-0.3, -0.25) is 5.41 Å². The number of aliphatic hydroxyl groups excluding tert-OH is 1. The Bertz CT molecular complexity index is 273. The number of rotatable bonds is 2. The van der Waals surface area contributed by atoms with Gasteiger partial charge in [0.1, 0.15) is 0 Å². The van der Waals surface area contributed by atoms with E-state index in [1.807, 2.05) is 5.32 Å². The molecular weight excluding hydrogens is 204 g/mol. The molecule has 0 aromatic heterocycles. The second-order valence-corrected chi connectivity index (χ2v) is 3.44. The molecule has 1 fully saturated rings. The van der Waals surface area contributed by atoms with Gasteiger partial charge < -0.3 is 15.3 Å². The summed E-state index contributed by atoms with van der Waals surface area (Å²) in [5.41, 5.74) is 0. The van der Waals surface area contributed by atoms with Crippen LogP contribution >= 0.6 is 0 Å². The fourth-order valence-electron chi connectivity index (χ4n) is 1.44. The summed E-state index contributed by atoms with van der Waals surface area (Å²) in [5, 5.41) is 18.6. The Labute approximate surface area is 87.1 Å². The van der Waals surface area contributed by atoms with E-state index in [9.17, 15) is 13.9 Å². The fourth-order valence-corrected chi connectivity index (χ4v) is 1.44. The van der Waals surface area contributed by atoms with E-state index in [1.165, 1.54) is 11.9 Å². The topological polar surface area (TPSA) is 59.4 Å². The van der Waals surface area contributed by atoms with Crippen LogP contribution in [0.2, 0.25) is 0 Å². The van der Waals surface area contributed by atoms with Crippen molar-refractivity contribution in [2.24, 2.45) is 0 Å². The van der Waals surface area contributed by atoms with Crippen LogP contribution < -0.4 is 5.32 Å². The van der Waals surface area contributed by atoms with Crippen LogP contribution in [0.3, 0.4) is 0 Å². The van der Waals surface area contributed by atoms with Gasteiger partial charge in [0, 0.05) is 20.1 Å². The van der Waals surface area contributed by atoms with Crippen LogP contribution in [0.1, 0.15) is 12.8 Å². The number of aliphatic hydroxyl groups is 1. The zero-order valence-corrected chi connectivity index (χ0v) is 8.56. The number of hydrogen-bond donors (Lipinski definition) is 3. The summed E-state index contributed by atoms with van der Waals surface area (Å²) in [6.45, 7) is 0.759. The van der Waals surface area contributed by atoms with Gasteiger partial charge in [-0.15, -0.1) is 0 Å². The van der Waals surface area contributed by atoms with Gasteiger partial charge in [0.15, 0.2) is 5.84 Å². The Kier molecular flexibility index (Phi) is 4.02. The molecule has 1 saturated heterocycles. The van der Waals surface area contributed by atoms with E-state index in [0.29, 0.717) is 25.9 Å². The Hall–Kier alpha value is -1.17. The molecule has 0 unspecified atom stereocenters. The Morgan fingerprint density at radius 1 is 1.40 bits per heavy atom. The molecule has 3 N–H and O–H groups in total. The number of hydrogen-bond acceptors (Lipinski definition) is 3. The van der Waals surface area contributed by atoms with Gasteiger partial charge in [-0.1, -0.05) is 0 Å². The minimum Gasteiger partial charge on any atom is -0.393 e. The monoisotopic (exact) mass is 219 g/mol. The fraction of sp³-hybridized carbons (Fsp3) is 0.667. The van der Waals surface area contributed by atoms with E-state index in [2.05, 4.69) is 0 Å². The molecule has 0 atom stereocenters. The first-order valence-electron chi connectivity index (χ1n) is 4.81. The molecule has 1 aliphatic heterocycles. The number of amidine groups is 1. The number of halogens is 2. The summed E-state index contributed by atoms with van der Waals surface area (Å²) >= 11 is 0. The lowest BCUT2D eigenvalue weighted by molar-refractivity contribution is 0.108. The lowest BCUT2D eigenvalue weighted by atomic mass is 10.1. The highest BCUT2D eigenvalue weighted by Crippen LogP contribution is 2.15. The molecule has 1 heterocycles. The molecule has 0 radical (unpaired) electrons. The van der Waals surface area contributed by atoms with Gasteiger partial charge >= 0.3 is 0 Å². The summed E-state index contributed by atoms with van der Waals surface area (Å²) in [6.07, 6.45) is 0.573. The van der Waals surface area contributed by atoms with Crippen molar-refractivity contribution in [3.05, 3.63) is 11.8 Å². The lowest BCUT2D eigenvalue weighted by Gasteiger charge is -2.30. The number of nitrogens with zero attached hydrogens (tertiary/aromatic N) is 1. The maximum Gasteiger partial charge on any atom is 0.226 e. The number of piperidine rings is 1. The van der Waals surface area contributed by atoms with Gasteiger partial charge in [0.2, 0.25) is 11.8 Å². The quantitative estimate of drug-likeness (QED) is 0.365. The molecule has 6 heteroatoms. The highest BCUT2D eigenvalue weighted by atomic mass is 19.2. The van der Waals surface area contributed by atoms with Crippen molar-refractivity contribution < 1.29 is 13.9 Å². The molecule has 0 bridgehead atoms. The molecule has 1 rings (SSSR count). The van der Waals surface area contributed by atoms with E-state index in [0.717, 1.165) is 0 Å².